The molecular formula is C13H12Cl3NO6. The number of hydroxylamine groups is 1. The van der Waals surface area contributed by atoms with Crippen molar-refractivity contribution in [3.05, 3.63) is 23.8 Å². The third-order valence-electron chi connectivity index (χ3n) is 2.85. The molecule has 1 aliphatic rings. The summed E-state index contributed by atoms with van der Waals surface area (Å²) >= 11 is 16.2. The first-order chi connectivity index (χ1) is 10.8. The van der Waals surface area contributed by atoms with Gasteiger partial charge in [-0.05, 0) is 24.6 Å². The van der Waals surface area contributed by atoms with E-state index in [1.807, 2.05) is 5.48 Å². The average Bonchev–Trinajstić information content (AvgIpc) is 2.96. The average molecular weight is 385 g/mol. The highest BCUT2D eigenvalue weighted by atomic mass is 35.6. The summed E-state index contributed by atoms with van der Waals surface area (Å²) in [4.78, 5) is 27.8. The molecular weight excluding hydrogens is 373 g/mol. The van der Waals surface area contributed by atoms with Gasteiger partial charge in [0, 0.05) is 0 Å². The Morgan fingerprint density at radius 3 is 2.70 bits per heavy atom. The van der Waals surface area contributed by atoms with E-state index >= 15 is 0 Å². The normalized spacial score (nSPS) is 14.1. The van der Waals surface area contributed by atoms with E-state index in [4.69, 9.17) is 44.3 Å². The smallest absolute Gasteiger partial charge is 0.440 e. The van der Waals surface area contributed by atoms with Crippen LogP contribution in [0.4, 0.5) is 4.79 Å². The Hall–Kier alpha value is -1.57. The lowest BCUT2D eigenvalue weighted by Gasteiger charge is -2.14. The van der Waals surface area contributed by atoms with Gasteiger partial charge in [-0.25, -0.2) is 9.59 Å². The maximum absolute atomic E-state index is 11.9. The molecule has 1 aromatic rings. The van der Waals surface area contributed by atoms with Gasteiger partial charge in [0.2, 0.25) is 10.6 Å². The van der Waals surface area contributed by atoms with Gasteiger partial charge in [-0.15, -0.1) is 5.48 Å². The minimum absolute atomic E-state index is 0.133. The largest absolute Gasteiger partial charge is 0.454 e. The fourth-order valence-electron chi connectivity index (χ4n) is 1.68. The van der Waals surface area contributed by atoms with Crippen molar-refractivity contribution in [2.45, 2.75) is 16.6 Å². The lowest BCUT2D eigenvalue weighted by atomic mass is 10.0. The van der Waals surface area contributed by atoms with Crippen molar-refractivity contribution in [1.29, 1.82) is 0 Å². The van der Waals surface area contributed by atoms with Crippen molar-refractivity contribution < 1.29 is 28.6 Å². The Morgan fingerprint density at radius 1 is 1.30 bits per heavy atom. The maximum atomic E-state index is 11.9. The van der Waals surface area contributed by atoms with Crippen molar-refractivity contribution in [1.82, 2.24) is 5.48 Å². The second-order valence-corrected chi connectivity index (χ2v) is 7.06. The number of carbonyl (C=O) groups excluding carboxylic acids is 2. The summed E-state index contributed by atoms with van der Waals surface area (Å²) in [5.74, 6) is -0.215. The summed E-state index contributed by atoms with van der Waals surface area (Å²) in [6.07, 6.45) is -1.05. The number of halogens is 3. The number of carbonyl (C=O) groups is 2. The summed E-state index contributed by atoms with van der Waals surface area (Å²) in [5.41, 5.74) is 2.45. The van der Waals surface area contributed by atoms with Crippen molar-refractivity contribution in [3.8, 4) is 11.5 Å². The van der Waals surface area contributed by atoms with Crippen molar-refractivity contribution >= 4 is 46.9 Å². The van der Waals surface area contributed by atoms with Gasteiger partial charge in [0.25, 0.3) is 0 Å². The van der Waals surface area contributed by atoms with E-state index in [2.05, 4.69) is 9.57 Å². The third-order valence-corrected chi connectivity index (χ3v) is 3.18. The lowest BCUT2D eigenvalue weighted by Crippen LogP contribution is -2.31. The molecule has 0 fully saturated rings. The fourth-order valence-corrected chi connectivity index (χ4v) is 1.84. The van der Waals surface area contributed by atoms with Crippen LogP contribution < -0.4 is 15.0 Å². The predicted octanol–water partition coefficient (Wildman–Crippen LogP) is 3.07. The number of nitrogens with one attached hydrogen (secondary N) is 1. The Morgan fingerprint density at radius 2 is 2.00 bits per heavy atom. The molecule has 23 heavy (non-hydrogen) atoms. The molecule has 0 saturated heterocycles. The Bertz CT molecular complexity index is 604. The molecule has 1 amide bonds. The molecule has 1 aromatic carbocycles. The van der Waals surface area contributed by atoms with Crippen molar-refractivity contribution in [2.24, 2.45) is 0 Å². The van der Waals surface area contributed by atoms with Gasteiger partial charge in [-0.2, -0.15) is 0 Å². The second-order valence-electron chi connectivity index (χ2n) is 4.55. The first-order valence-electron chi connectivity index (χ1n) is 6.36. The van der Waals surface area contributed by atoms with E-state index in [9.17, 15) is 9.59 Å². The molecule has 0 aliphatic carbocycles. The molecule has 1 heterocycles. The number of fused-ring (bicyclic) bond motifs is 1. The molecule has 1 aliphatic heterocycles. The molecule has 1 N–H and O–H groups in total. The molecule has 1 atom stereocenters. The van der Waals surface area contributed by atoms with Gasteiger partial charge in [0.1, 0.15) is 6.61 Å². The van der Waals surface area contributed by atoms with Crippen molar-refractivity contribution in [2.75, 3.05) is 13.4 Å². The van der Waals surface area contributed by atoms with E-state index in [0.717, 1.165) is 0 Å². The first kappa shape index (κ1) is 17.8. The number of amides is 1. The predicted molar refractivity (Wildman–Crippen MR) is 81.8 cm³/mol. The zero-order valence-corrected chi connectivity index (χ0v) is 14.1. The topological polar surface area (TPSA) is 83.1 Å². The zero-order chi connectivity index (χ0) is 17.0. The molecule has 0 aromatic heterocycles. The molecule has 126 valence electrons. The van der Waals surface area contributed by atoms with Crippen LogP contribution in [0, 0.1) is 0 Å². The highest BCUT2D eigenvalue weighted by Gasteiger charge is 2.24. The van der Waals surface area contributed by atoms with E-state index in [0.29, 0.717) is 17.1 Å². The van der Waals surface area contributed by atoms with Crippen LogP contribution in [-0.4, -0.2) is 29.3 Å². The van der Waals surface area contributed by atoms with Crippen LogP contribution in [0.5, 0.6) is 11.5 Å². The summed E-state index contributed by atoms with van der Waals surface area (Å²) in [6, 6.07) is 5.04. The lowest BCUT2D eigenvalue weighted by molar-refractivity contribution is -0.151. The maximum Gasteiger partial charge on any atom is 0.440 e. The molecule has 7 nitrogen and oxygen atoms in total. The second kappa shape index (κ2) is 7.33. The Kier molecular flexibility index (Phi) is 5.67. The molecule has 0 saturated carbocycles. The first-order valence-corrected chi connectivity index (χ1v) is 7.49. The summed E-state index contributed by atoms with van der Waals surface area (Å²) in [7, 11) is 0. The standard InChI is InChI=1S/C13H12Cl3NO6/c1-7(8-2-3-9-10(4-8)22-6-21-9)11(18)23-17-12(19)20-5-13(14,15)16/h2-4,7H,5-6H2,1H3,(H,17,19). The van der Waals surface area contributed by atoms with E-state index in [1.54, 1.807) is 25.1 Å². The Labute approximate surface area is 146 Å². The van der Waals surface area contributed by atoms with Gasteiger partial charge in [-0.1, -0.05) is 40.9 Å². The number of rotatable bonds is 3. The highest BCUT2D eigenvalue weighted by molar-refractivity contribution is 6.67. The quantitative estimate of drug-likeness (QED) is 0.637. The molecule has 1 unspecified atom stereocenters. The number of hydrogen-bond donors (Lipinski definition) is 1. The fraction of sp³-hybridized carbons (Fsp3) is 0.385. The van der Waals surface area contributed by atoms with Gasteiger partial charge < -0.3 is 19.0 Å². The summed E-state index contributed by atoms with van der Waals surface area (Å²) in [6.45, 7) is 1.25. The molecule has 10 heteroatoms. The molecule has 0 radical (unpaired) electrons. The minimum Gasteiger partial charge on any atom is -0.454 e. The summed E-state index contributed by atoms with van der Waals surface area (Å²) in [5, 5.41) is 0. The van der Waals surface area contributed by atoms with Crippen molar-refractivity contribution in [3.63, 3.8) is 0 Å². The van der Waals surface area contributed by atoms with Crippen LogP contribution in [0.15, 0.2) is 18.2 Å². The minimum atomic E-state index is -1.75. The number of hydrogen-bond acceptors (Lipinski definition) is 6. The van der Waals surface area contributed by atoms with Gasteiger partial charge in [0.05, 0.1) is 5.92 Å². The molecule has 0 spiro atoms. The van der Waals surface area contributed by atoms with E-state index < -0.39 is 28.4 Å². The number of benzene rings is 1. The highest BCUT2D eigenvalue weighted by Crippen LogP contribution is 2.34. The molecule has 0 bridgehead atoms. The summed E-state index contributed by atoms with van der Waals surface area (Å²) < 4.78 is 13.2. The zero-order valence-electron chi connectivity index (χ0n) is 11.8. The SMILES string of the molecule is CC(C(=O)ONC(=O)OCC(Cl)(Cl)Cl)c1ccc2c(c1)OCO2. The third kappa shape index (κ3) is 5.23. The van der Waals surface area contributed by atoms with Gasteiger partial charge in [0.15, 0.2) is 11.5 Å². The van der Waals surface area contributed by atoms with E-state index in [1.165, 1.54) is 0 Å². The Balaban J connectivity index is 1.84. The van der Waals surface area contributed by atoms with Crippen LogP contribution in [0.3, 0.4) is 0 Å². The van der Waals surface area contributed by atoms with Gasteiger partial charge >= 0.3 is 12.1 Å². The molecule has 2 rings (SSSR count). The van der Waals surface area contributed by atoms with Gasteiger partial charge in [-0.3, -0.25) is 0 Å². The van der Waals surface area contributed by atoms with Crippen LogP contribution in [0.25, 0.3) is 0 Å². The van der Waals surface area contributed by atoms with E-state index in [-0.39, 0.29) is 6.79 Å². The van der Waals surface area contributed by atoms with Crippen LogP contribution in [0.1, 0.15) is 18.4 Å². The number of alkyl halides is 3. The number of ether oxygens (including phenoxy) is 3. The van der Waals surface area contributed by atoms with Crippen LogP contribution in [-0.2, 0) is 14.4 Å². The monoisotopic (exact) mass is 383 g/mol. The van der Waals surface area contributed by atoms with Crippen LogP contribution >= 0.6 is 34.8 Å². The van der Waals surface area contributed by atoms with Crippen LogP contribution in [0.2, 0.25) is 0 Å².